The molecule has 86 valence electrons. The number of methoxy groups -OCH3 is 1. The first-order chi connectivity index (χ1) is 7.61. The van der Waals surface area contributed by atoms with Crippen LogP contribution in [0, 0.1) is 0 Å². The standard InChI is InChI=1S/C11H12O4S/c1-15-11(14)7-16-9-4-2-8(3-5-9)6-10(12)13/h2-5H,6-7H2,1H3,(H,12,13). The Kier molecular flexibility index (Phi) is 4.85. The molecule has 0 heterocycles. The maximum absolute atomic E-state index is 10.9. The van der Waals surface area contributed by atoms with Crippen LogP contribution in [0.4, 0.5) is 0 Å². The van der Waals surface area contributed by atoms with E-state index in [-0.39, 0.29) is 18.1 Å². The summed E-state index contributed by atoms with van der Waals surface area (Å²) in [4.78, 5) is 22.2. The average molecular weight is 240 g/mol. The second-order valence-corrected chi connectivity index (χ2v) is 4.13. The number of aliphatic carboxylic acids is 1. The maximum Gasteiger partial charge on any atom is 0.315 e. The van der Waals surface area contributed by atoms with E-state index in [0.29, 0.717) is 0 Å². The molecule has 16 heavy (non-hydrogen) atoms. The predicted octanol–water partition coefficient (Wildman–Crippen LogP) is 1.58. The van der Waals surface area contributed by atoms with Crippen LogP contribution in [0.25, 0.3) is 0 Å². The van der Waals surface area contributed by atoms with Crippen molar-refractivity contribution < 1.29 is 19.4 Å². The number of carbonyl (C=O) groups excluding carboxylic acids is 1. The highest BCUT2D eigenvalue weighted by atomic mass is 32.2. The van der Waals surface area contributed by atoms with Crippen molar-refractivity contribution in [2.75, 3.05) is 12.9 Å². The lowest BCUT2D eigenvalue weighted by atomic mass is 10.2. The fourth-order valence-electron chi connectivity index (χ4n) is 1.08. The predicted molar refractivity (Wildman–Crippen MR) is 60.5 cm³/mol. The Balaban J connectivity index is 2.51. The van der Waals surface area contributed by atoms with E-state index in [9.17, 15) is 9.59 Å². The van der Waals surface area contributed by atoms with Gasteiger partial charge in [0, 0.05) is 4.90 Å². The Hall–Kier alpha value is -1.49. The minimum Gasteiger partial charge on any atom is -0.481 e. The molecular formula is C11H12O4S. The van der Waals surface area contributed by atoms with Gasteiger partial charge in [0.25, 0.3) is 0 Å². The lowest BCUT2D eigenvalue weighted by Crippen LogP contribution is -2.03. The molecule has 0 aromatic heterocycles. The summed E-state index contributed by atoms with van der Waals surface area (Å²) in [5, 5.41) is 8.58. The number of carbonyl (C=O) groups is 2. The van der Waals surface area contributed by atoms with Gasteiger partial charge in [0.05, 0.1) is 19.3 Å². The number of benzene rings is 1. The third kappa shape index (κ3) is 4.35. The Morgan fingerprint density at radius 1 is 1.31 bits per heavy atom. The molecule has 0 unspecified atom stereocenters. The minimum atomic E-state index is -0.852. The normalized spacial score (nSPS) is 9.81. The van der Waals surface area contributed by atoms with Crippen molar-refractivity contribution in [3.63, 3.8) is 0 Å². The number of esters is 1. The van der Waals surface area contributed by atoms with Crippen LogP contribution in [0.2, 0.25) is 0 Å². The smallest absolute Gasteiger partial charge is 0.315 e. The van der Waals surface area contributed by atoms with E-state index in [0.717, 1.165) is 10.5 Å². The first kappa shape index (κ1) is 12.6. The largest absolute Gasteiger partial charge is 0.481 e. The van der Waals surface area contributed by atoms with E-state index in [1.807, 2.05) is 0 Å². The Bertz CT molecular complexity index is 372. The average Bonchev–Trinajstić information content (AvgIpc) is 2.27. The molecule has 1 N–H and O–H groups in total. The third-order valence-corrected chi connectivity index (χ3v) is 2.85. The molecular weight excluding hydrogens is 228 g/mol. The molecule has 0 aliphatic heterocycles. The molecule has 0 amide bonds. The summed E-state index contributed by atoms with van der Waals surface area (Å²) < 4.78 is 4.51. The van der Waals surface area contributed by atoms with Crippen molar-refractivity contribution in [2.24, 2.45) is 0 Å². The number of ether oxygens (including phenoxy) is 1. The summed E-state index contributed by atoms with van der Waals surface area (Å²) in [5.41, 5.74) is 0.745. The second kappa shape index (κ2) is 6.17. The number of rotatable bonds is 5. The van der Waals surface area contributed by atoms with Crippen LogP contribution in [-0.4, -0.2) is 29.9 Å². The molecule has 0 fully saturated rings. The lowest BCUT2D eigenvalue weighted by molar-refractivity contribution is -0.137. The third-order valence-electron chi connectivity index (χ3n) is 1.86. The molecule has 0 atom stereocenters. The summed E-state index contributed by atoms with van der Waals surface area (Å²) in [7, 11) is 1.35. The molecule has 0 saturated heterocycles. The highest BCUT2D eigenvalue weighted by Gasteiger charge is 2.03. The van der Waals surface area contributed by atoms with Crippen molar-refractivity contribution in [3.05, 3.63) is 29.8 Å². The summed E-state index contributed by atoms with van der Waals surface area (Å²) in [6.07, 6.45) is 0.0158. The highest BCUT2D eigenvalue weighted by Crippen LogP contribution is 2.18. The van der Waals surface area contributed by atoms with Crippen molar-refractivity contribution in [3.8, 4) is 0 Å². The minimum absolute atomic E-state index is 0.0158. The van der Waals surface area contributed by atoms with Gasteiger partial charge in [-0.15, -0.1) is 11.8 Å². The van der Waals surface area contributed by atoms with Gasteiger partial charge in [-0.2, -0.15) is 0 Å². The molecule has 0 aliphatic rings. The molecule has 1 aromatic rings. The lowest BCUT2D eigenvalue weighted by Gasteiger charge is -2.01. The zero-order chi connectivity index (χ0) is 12.0. The SMILES string of the molecule is COC(=O)CSc1ccc(CC(=O)O)cc1. The van der Waals surface area contributed by atoms with Crippen LogP contribution in [0.5, 0.6) is 0 Å². The van der Waals surface area contributed by atoms with Crippen LogP contribution >= 0.6 is 11.8 Å². The van der Waals surface area contributed by atoms with E-state index in [1.165, 1.54) is 18.9 Å². The zero-order valence-corrected chi connectivity index (χ0v) is 9.62. The summed E-state index contributed by atoms with van der Waals surface area (Å²) in [6, 6.07) is 7.08. The molecule has 1 aromatic carbocycles. The van der Waals surface area contributed by atoms with Gasteiger partial charge in [-0.3, -0.25) is 9.59 Å². The zero-order valence-electron chi connectivity index (χ0n) is 8.80. The first-order valence-corrected chi connectivity index (χ1v) is 5.60. The van der Waals surface area contributed by atoms with Crippen LogP contribution in [-0.2, 0) is 20.7 Å². The molecule has 0 bridgehead atoms. The Morgan fingerprint density at radius 3 is 2.44 bits per heavy atom. The van der Waals surface area contributed by atoms with Gasteiger partial charge in [0.1, 0.15) is 0 Å². The van der Waals surface area contributed by atoms with Crippen molar-refractivity contribution in [1.82, 2.24) is 0 Å². The van der Waals surface area contributed by atoms with Crippen LogP contribution in [0.3, 0.4) is 0 Å². The molecule has 1 rings (SSSR count). The summed E-state index contributed by atoms with van der Waals surface area (Å²) in [6.45, 7) is 0. The van der Waals surface area contributed by atoms with E-state index in [1.54, 1.807) is 24.3 Å². The molecule has 4 nitrogen and oxygen atoms in total. The fourth-order valence-corrected chi connectivity index (χ4v) is 1.81. The molecule has 0 spiro atoms. The monoisotopic (exact) mass is 240 g/mol. The number of hydrogen-bond donors (Lipinski definition) is 1. The van der Waals surface area contributed by atoms with E-state index in [4.69, 9.17) is 5.11 Å². The van der Waals surface area contributed by atoms with E-state index < -0.39 is 5.97 Å². The van der Waals surface area contributed by atoms with Gasteiger partial charge in [-0.25, -0.2) is 0 Å². The second-order valence-electron chi connectivity index (χ2n) is 3.08. The summed E-state index contributed by atoms with van der Waals surface area (Å²) >= 11 is 1.36. The fraction of sp³-hybridized carbons (Fsp3) is 0.273. The highest BCUT2D eigenvalue weighted by molar-refractivity contribution is 8.00. The molecule has 5 heteroatoms. The summed E-state index contributed by atoms with van der Waals surface area (Å²) in [5.74, 6) is -0.871. The van der Waals surface area contributed by atoms with Crippen LogP contribution < -0.4 is 0 Å². The van der Waals surface area contributed by atoms with Gasteiger partial charge in [0.2, 0.25) is 0 Å². The number of thioether (sulfide) groups is 1. The maximum atomic E-state index is 10.9. The van der Waals surface area contributed by atoms with Gasteiger partial charge in [0.15, 0.2) is 0 Å². The quantitative estimate of drug-likeness (QED) is 0.625. The Labute approximate surface area is 97.6 Å². The molecule has 0 saturated carbocycles. The van der Waals surface area contributed by atoms with Gasteiger partial charge in [-0.1, -0.05) is 12.1 Å². The Morgan fingerprint density at radius 2 is 1.94 bits per heavy atom. The van der Waals surface area contributed by atoms with Crippen molar-refractivity contribution in [1.29, 1.82) is 0 Å². The van der Waals surface area contributed by atoms with Gasteiger partial charge >= 0.3 is 11.9 Å². The topological polar surface area (TPSA) is 63.6 Å². The first-order valence-electron chi connectivity index (χ1n) is 4.62. The van der Waals surface area contributed by atoms with Crippen molar-refractivity contribution >= 4 is 23.7 Å². The number of carboxylic acid groups (broad SMARTS) is 1. The van der Waals surface area contributed by atoms with Crippen molar-refractivity contribution in [2.45, 2.75) is 11.3 Å². The van der Waals surface area contributed by atoms with Gasteiger partial charge in [-0.05, 0) is 17.7 Å². The molecule has 0 aliphatic carbocycles. The number of carboxylic acids is 1. The van der Waals surface area contributed by atoms with Crippen LogP contribution in [0.1, 0.15) is 5.56 Å². The van der Waals surface area contributed by atoms with Gasteiger partial charge < -0.3 is 9.84 Å². The van der Waals surface area contributed by atoms with Crippen LogP contribution in [0.15, 0.2) is 29.2 Å². The molecule has 0 radical (unpaired) electrons. The van der Waals surface area contributed by atoms with E-state index in [2.05, 4.69) is 4.74 Å². The number of hydrogen-bond acceptors (Lipinski definition) is 4. The van der Waals surface area contributed by atoms with E-state index >= 15 is 0 Å².